The van der Waals surface area contributed by atoms with E-state index < -0.39 is 0 Å². The van der Waals surface area contributed by atoms with Crippen LogP contribution < -0.4 is 0 Å². The fourth-order valence-corrected chi connectivity index (χ4v) is 4.10. The fraction of sp³-hybridized carbons (Fsp3) is 0.0714. The first-order valence-electron chi connectivity index (χ1n) is 10.3. The van der Waals surface area contributed by atoms with Crippen LogP contribution in [0.3, 0.4) is 0 Å². The van der Waals surface area contributed by atoms with E-state index in [1.807, 2.05) is 24.3 Å². The van der Waals surface area contributed by atoms with Gasteiger partial charge in [-0.2, -0.15) is 0 Å². The molecule has 2 heterocycles. The smallest absolute Gasteiger partial charge is 0.155 e. The second kappa shape index (κ2) is 9.14. The second-order valence-electron chi connectivity index (χ2n) is 7.76. The van der Waals surface area contributed by atoms with Crippen LogP contribution in [0.4, 0.5) is 0 Å². The number of nitrogens with zero attached hydrogens (tertiary/aromatic N) is 1. The van der Waals surface area contributed by atoms with Crippen molar-refractivity contribution < 1.29 is 34.4 Å². The fourth-order valence-electron chi connectivity index (χ4n) is 4.10. The number of aromatic nitrogens is 1. The van der Waals surface area contributed by atoms with Crippen LogP contribution in [-0.4, -0.2) is 15.9 Å². The molecule has 6 rings (SSSR count). The van der Waals surface area contributed by atoms with Gasteiger partial charge in [0.2, 0.25) is 0 Å². The number of allylic oxidation sites excluding steroid dienone is 2. The number of furan rings is 1. The molecule has 0 spiro atoms. The molecule has 165 valence electrons. The summed E-state index contributed by atoms with van der Waals surface area (Å²) in [7, 11) is 0. The van der Waals surface area contributed by atoms with Gasteiger partial charge in [-0.05, 0) is 42.8 Å². The van der Waals surface area contributed by atoms with Crippen LogP contribution in [0.2, 0.25) is 0 Å². The molecule has 2 aromatic heterocycles. The van der Waals surface area contributed by atoms with Gasteiger partial charge < -0.3 is 9.52 Å². The number of rotatable bonds is 2. The van der Waals surface area contributed by atoms with E-state index in [1.165, 1.54) is 36.4 Å². The van der Waals surface area contributed by atoms with Crippen molar-refractivity contribution in [1.82, 2.24) is 4.98 Å². The number of hydrogen-bond donors (Lipinski definition) is 1. The van der Waals surface area contributed by atoms with Crippen molar-refractivity contribution >= 4 is 50.8 Å². The zero-order valence-corrected chi connectivity index (χ0v) is 20.4. The minimum absolute atomic E-state index is 0. The Morgan fingerprint density at radius 3 is 2.55 bits per heavy atom. The normalized spacial score (nSPS) is 12.0. The van der Waals surface area contributed by atoms with Crippen molar-refractivity contribution in [3.63, 3.8) is 0 Å². The number of pyridine rings is 1. The molecule has 0 saturated carbocycles. The topological polar surface area (TPSA) is 63.3 Å². The van der Waals surface area contributed by atoms with Crippen LogP contribution in [-0.2, 0) is 24.9 Å². The average molecular weight is 611 g/mol. The Morgan fingerprint density at radius 1 is 1.00 bits per heavy atom. The first-order chi connectivity index (χ1) is 15.5. The molecule has 0 atom stereocenters. The van der Waals surface area contributed by atoms with Gasteiger partial charge in [-0.15, -0.1) is 18.2 Å². The number of fused-ring (bicyclic) bond motifs is 3. The Bertz CT molecular complexity index is 1570. The van der Waals surface area contributed by atoms with E-state index in [4.69, 9.17) is 14.5 Å². The van der Waals surface area contributed by atoms with Crippen LogP contribution in [0.25, 0.3) is 56.3 Å². The molecule has 0 amide bonds. The first-order valence-corrected chi connectivity index (χ1v) is 10.3. The monoisotopic (exact) mass is 611 g/mol. The molecule has 1 aliphatic carbocycles. The van der Waals surface area contributed by atoms with Gasteiger partial charge in [-0.1, -0.05) is 59.5 Å². The SMILES string of the molecule is CC(=O)/C=C(/C)O.[Ir].[c-]1ccc2c(oc3ccccc32)c1-c1cc2c3c(cccc3n1)C=C2. The number of hydrogen-bond acceptors (Lipinski definition) is 4. The summed E-state index contributed by atoms with van der Waals surface area (Å²) in [5.74, 6) is -0.0625. The van der Waals surface area contributed by atoms with E-state index in [0.717, 1.165) is 38.7 Å². The van der Waals surface area contributed by atoms with Crippen LogP contribution >= 0.6 is 0 Å². The Hall–Kier alpha value is -3.53. The number of carbonyl (C=O) groups excluding carboxylic acids is 1. The molecule has 0 unspecified atom stereocenters. The minimum atomic E-state index is -0.125. The number of aliphatic hydroxyl groups excluding tert-OH is 1. The van der Waals surface area contributed by atoms with Crippen molar-refractivity contribution in [2.24, 2.45) is 0 Å². The Balaban J connectivity index is 0.000000287. The summed E-state index contributed by atoms with van der Waals surface area (Å²) >= 11 is 0. The molecule has 0 aliphatic heterocycles. The van der Waals surface area contributed by atoms with Crippen molar-refractivity contribution in [3.05, 3.63) is 89.7 Å². The summed E-state index contributed by atoms with van der Waals surface area (Å²) in [6.07, 6.45) is 5.47. The first kappa shape index (κ1) is 22.7. The van der Waals surface area contributed by atoms with E-state index in [9.17, 15) is 4.79 Å². The predicted molar refractivity (Wildman–Crippen MR) is 129 cm³/mol. The molecule has 0 bridgehead atoms. The van der Waals surface area contributed by atoms with E-state index in [2.05, 4.69) is 54.6 Å². The molecular weight excluding hydrogens is 591 g/mol. The maximum absolute atomic E-state index is 10.0. The summed E-state index contributed by atoms with van der Waals surface area (Å²) in [4.78, 5) is 14.9. The quantitative estimate of drug-likeness (QED) is 0.129. The van der Waals surface area contributed by atoms with Crippen LogP contribution in [0.1, 0.15) is 25.0 Å². The van der Waals surface area contributed by atoms with E-state index >= 15 is 0 Å². The Morgan fingerprint density at radius 2 is 1.79 bits per heavy atom. The van der Waals surface area contributed by atoms with Crippen molar-refractivity contribution in [2.45, 2.75) is 13.8 Å². The summed E-state index contributed by atoms with van der Waals surface area (Å²) in [5.41, 5.74) is 7.01. The number of aliphatic hydroxyl groups is 1. The number of para-hydroxylation sites is 1. The second-order valence-corrected chi connectivity index (χ2v) is 7.76. The Kier molecular flexibility index (Phi) is 6.28. The van der Waals surface area contributed by atoms with E-state index in [1.54, 1.807) is 0 Å². The third kappa shape index (κ3) is 4.25. The molecule has 1 aliphatic rings. The molecule has 1 radical (unpaired) electrons. The predicted octanol–water partition coefficient (Wildman–Crippen LogP) is 7.12. The molecule has 0 fully saturated rings. The summed E-state index contributed by atoms with van der Waals surface area (Å²) in [6, 6.07) is 23.9. The zero-order valence-electron chi connectivity index (χ0n) is 18.0. The molecule has 33 heavy (non-hydrogen) atoms. The summed E-state index contributed by atoms with van der Waals surface area (Å²) in [6.45, 7) is 2.85. The number of ketones is 1. The van der Waals surface area contributed by atoms with Gasteiger partial charge in [-0.25, -0.2) is 0 Å². The average Bonchev–Trinajstić information content (AvgIpc) is 3.36. The minimum Gasteiger partial charge on any atom is -0.512 e. The Labute approximate surface area is 204 Å². The summed E-state index contributed by atoms with van der Waals surface area (Å²) < 4.78 is 6.15. The third-order valence-electron chi connectivity index (χ3n) is 5.35. The van der Waals surface area contributed by atoms with Crippen molar-refractivity contribution in [1.29, 1.82) is 0 Å². The van der Waals surface area contributed by atoms with Crippen molar-refractivity contribution in [3.8, 4) is 11.3 Å². The molecule has 4 nitrogen and oxygen atoms in total. The number of benzene rings is 3. The molecule has 0 saturated heterocycles. The van der Waals surface area contributed by atoms with Crippen molar-refractivity contribution in [2.75, 3.05) is 0 Å². The van der Waals surface area contributed by atoms with Crippen LogP contribution in [0.5, 0.6) is 0 Å². The van der Waals surface area contributed by atoms with Gasteiger partial charge >= 0.3 is 0 Å². The van der Waals surface area contributed by atoms with Gasteiger partial charge in [-0.3, -0.25) is 9.78 Å². The van der Waals surface area contributed by atoms with Crippen LogP contribution in [0, 0.1) is 6.07 Å². The van der Waals surface area contributed by atoms with Gasteiger partial charge in [0.25, 0.3) is 0 Å². The summed E-state index contributed by atoms with van der Waals surface area (Å²) in [5, 5.41) is 11.8. The third-order valence-corrected chi connectivity index (χ3v) is 5.35. The largest absolute Gasteiger partial charge is 0.512 e. The van der Waals surface area contributed by atoms with Crippen LogP contribution in [0.15, 0.2) is 76.9 Å². The number of carbonyl (C=O) groups is 1. The van der Waals surface area contributed by atoms with E-state index in [0.29, 0.717) is 0 Å². The van der Waals surface area contributed by atoms with Gasteiger partial charge in [0.1, 0.15) is 5.58 Å². The standard InChI is InChI=1S/C23H12NO.C5H8O2.Ir/c1-2-10-21-16(6-1)17-7-4-8-18(23(17)25-21)20-13-15-12-11-14-5-3-9-19(24-20)22(14)15;1-4(6)3-5(2)7;/h1-7,9-13H;3,6H,1-2H3;/q-1;;/b;4-3-;. The molecule has 1 N–H and O–H groups in total. The van der Waals surface area contributed by atoms with E-state index in [-0.39, 0.29) is 31.6 Å². The maximum Gasteiger partial charge on any atom is 0.155 e. The molecule has 5 heteroatoms. The molecular formula is C28H20IrNO3-. The van der Waals surface area contributed by atoms with Gasteiger partial charge in [0.05, 0.1) is 16.9 Å². The van der Waals surface area contributed by atoms with Gasteiger partial charge in [0, 0.05) is 37.0 Å². The maximum atomic E-state index is 10.0. The van der Waals surface area contributed by atoms with Gasteiger partial charge in [0.15, 0.2) is 5.78 Å². The zero-order chi connectivity index (χ0) is 22.2. The molecule has 3 aromatic carbocycles. The molecule has 5 aromatic rings.